The molecule has 0 bridgehead atoms. The molecular weight excluding hydrogens is 302 g/mol. The molecule has 24 heavy (non-hydrogen) atoms. The van der Waals surface area contributed by atoms with E-state index >= 15 is 0 Å². The number of methoxy groups -OCH3 is 1. The first-order chi connectivity index (χ1) is 11.8. The Bertz CT molecular complexity index is 716. The summed E-state index contributed by atoms with van der Waals surface area (Å²) < 4.78 is 11.1. The average molecular weight is 325 g/mol. The molecule has 5 heteroatoms. The Morgan fingerprint density at radius 3 is 2.62 bits per heavy atom. The molecule has 1 atom stereocenters. The summed E-state index contributed by atoms with van der Waals surface area (Å²) in [5, 5.41) is 6.75. The molecule has 1 heterocycles. The number of para-hydroxylation sites is 1. The van der Waals surface area contributed by atoms with Crippen LogP contribution in [0, 0.1) is 0 Å². The zero-order valence-electron chi connectivity index (χ0n) is 14.1. The van der Waals surface area contributed by atoms with E-state index in [1.807, 2.05) is 42.3 Å². The van der Waals surface area contributed by atoms with Crippen LogP contribution in [0.25, 0.3) is 0 Å². The third kappa shape index (κ3) is 3.21. The number of hydrogen-bond donors (Lipinski definition) is 1. The Morgan fingerprint density at radius 2 is 1.96 bits per heavy atom. The van der Waals surface area contributed by atoms with Crippen LogP contribution in [0.5, 0.6) is 11.5 Å². The van der Waals surface area contributed by atoms with Gasteiger partial charge in [-0.3, -0.25) is 5.01 Å². The highest BCUT2D eigenvalue weighted by molar-refractivity contribution is 5.90. The highest BCUT2D eigenvalue weighted by atomic mass is 16.5. The van der Waals surface area contributed by atoms with E-state index < -0.39 is 0 Å². The fraction of sp³-hybridized carbons (Fsp3) is 0.316. The molecule has 126 valence electrons. The maximum atomic E-state index is 5.84. The number of benzene rings is 2. The van der Waals surface area contributed by atoms with E-state index in [-0.39, 0.29) is 6.04 Å². The summed E-state index contributed by atoms with van der Waals surface area (Å²) in [4.78, 5) is 0. The van der Waals surface area contributed by atoms with E-state index in [4.69, 9.17) is 20.3 Å². The second kappa shape index (κ2) is 7.36. The third-order valence-electron chi connectivity index (χ3n) is 4.10. The number of ether oxygens (including phenoxy) is 2. The topological polar surface area (TPSA) is 60.1 Å². The van der Waals surface area contributed by atoms with Gasteiger partial charge in [0.25, 0.3) is 0 Å². The van der Waals surface area contributed by atoms with Gasteiger partial charge in [0.15, 0.2) is 11.5 Å². The van der Waals surface area contributed by atoms with Crippen LogP contribution in [0.2, 0.25) is 0 Å². The second-order valence-corrected chi connectivity index (χ2v) is 5.61. The van der Waals surface area contributed by atoms with Gasteiger partial charge in [0.05, 0.1) is 31.2 Å². The minimum absolute atomic E-state index is 0.107. The molecule has 0 saturated carbocycles. The number of hydrazone groups is 1. The highest BCUT2D eigenvalue weighted by Crippen LogP contribution is 2.38. The Hall–Kier alpha value is -2.53. The molecule has 0 saturated heterocycles. The van der Waals surface area contributed by atoms with Gasteiger partial charge in [-0.15, -0.1) is 0 Å². The zero-order valence-corrected chi connectivity index (χ0v) is 14.1. The Morgan fingerprint density at radius 1 is 1.17 bits per heavy atom. The quantitative estimate of drug-likeness (QED) is 0.885. The van der Waals surface area contributed by atoms with Gasteiger partial charge in [-0.05, 0) is 36.8 Å². The lowest BCUT2D eigenvalue weighted by atomic mass is 10.0. The van der Waals surface area contributed by atoms with Crippen molar-refractivity contribution in [1.29, 1.82) is 0 Å². The largest absolute Gasteiger partial charge is 0.493 e. The number of nitrogens with zero attached hydrogens (tertiary/aromatic N) is 2. The van der Waals surface area contributed by atoms with Crippen LogP contribution in [0.4, 0.5) is 5.69 Å². The van der Waals surface area contributed by atoms with E-state index in [0.717, 1.165) is 34.9 Å². The normalized spacial score (nSPS) is 16.9. The van der Waals surface area contributed by atoms with E-state index in [1.165, 1.54) is 0 Å². The molecular formula is C19H23N3O2. The molecule has 1 aliphatic rings. The lowest BCUT2D eigenvalue weighted by Crippen LogP contribution is -2.18. The van der Waals surface area contributed by atoms with Crippen LogP contribution >= 0.6 is 0 Å². The second-order valence-electron chi connectivity index (χ2n) is 5.61. The molecule has 0 amide bonds. The zero-order chi connectivity index (χ0) is 16.9. The summed E-state index contributed by atoms with van der Waals surface area (Å²) in [6.45, 7) is 3.03. The molecule has 0 aromatic heterocycles. The lowest BCUT2D eigenvalue weighted by molar-refractivity contribution is 0.310. The fourth-order valence-corrected chi connectivity index (χ4v) is 2.94. The molecule has 2 aromatic carbocycles. The summed E-state index contributed by atoms with van der Waals surface area (Å²) >= 11 is 0. The molecule has 0 spiro atoms. The van der Waals surface area contributed by atoms with Crippen LogP contribution in [-0.4, -0.2) is 26.0 Å². The summed E-state index contributed by atoms with van der Waals surface area (Å²) in [5.74, 6) is 1.50. The van der Waals surface area contributed by atoms with Gasteiger partial charge in [-0.1, -0.05) is 24.3 Å². The van der Waals surface area contributed by atoms with Gasteiger partial charge in [0, 0.05) is 13.0 Å². The van der Waals surface area contributed by atoms with Crippen molar-refractivity contribution in [2.45, 2.75) is 19.4 Å². The number of hydrogen-bond acceptors (Lipinski definition) is 5. The van der Waals surface area contributed by atoms with E-state index in [0.29, 0.717) is 13.2 Å². The van der Waals surface area contributed by atoms with Crippen LogP contribution in [0.3, 0.4) is 0 Å². The Kier molecular flexibility index (Phi) is 5.01. The molecule has 0 radical (unpaired) electrons. The van der Waals surface area contributed by atoms with Gasteiger partial charge >= 0.3 is 0 Å². The van der Waals surface area contributed by atoms with Crippen molar-refractivity contribution < 1.29 is 9.47 Å². The third-order valence-corrected chi connectivity index (χ3v) is 4.10. The minimum Gasteiger partial charge on any atom is -0.493 e. The molecule has 3 rings (SSSR count). The average Bonchev–Trinajstić information content (AvgIpc) is 3.07. The molecule has 5 nitrogen and oxygen atoms in total. The van der Waals surface area contributed by atoms with Gasteiger partial charge in [-0.25, -0.2) is 0 Å². The Balaban J connectivity index is 1.96. The van der Waals surface area contributed by atoms with Crippen molar-refractivity contribution in [1.82, 2.24) is 0 Å². The van der Waals surface area contributed by atoms with Crippen LogP contribution in [-0.2, 0) is 0 Å². The van der Waals surface area contributed by atoms with E-state index in [1.54, 1.807) is 7.11 Å². The molecule has 0 fully saturated rings. The van der Waals surface area contributed by atoms with Crippen molar-refractivity contribution in [3.05, 3.63) is 54.1 Å². The standard InChI is InChI=1S/C19H23N3O2/c1-3-24-19-11-14(9-10-18(19)23-2)17-12-15(13-20)21-22(17)16-7-5-4-6-8-16/h4-11,17H,3,12-13,20H2,1-2H3. The van der Waals surface area contributed by atoms with Crippen molar-refractivity contribution >= 4 is 11.4 Å². The van der Waals surface area contributed by atoms with E-state index in [2.05, 4.69) is 18.2 Å². The highest BCUT2D eigenvalue weighted by Gasteiger charge is 2.29. The van der Waals surface area contributed by atoms with Crippen molar-refractivity contribution in [2.24, 2.45) is 10.8 Å². The summed E-state index contributed by atoms with van der Waals surface area (Å²) in [7, 11) is 1.65. The van der Waals surface area contributed by atoms with Crippen LogP contribution in [0.15, 0.2) is 53.6 Å². The molecule has 2 N–H and O–H groups in total. The van der Waals surface area contributed by atoms with Crippen molar-refractivity contribution in [3.8, 4) is 11.5 Å². The van der Waals surface area contributed by atoms with Crippen LogP contribution in [0.1, 0.15) is 24.9 Å². The SMILES string of the molecule is CCOc1cc(C2CC(CN)=NN2c2ccccc2)ccc1OC. The maximum absolute atomic E-state index is 5.84. The van der Waals surface area contributed by atoms with Crippen molar-refractivity contribution in [3.63, 3.8) is 0 Å². The predicted octanol–water partition coefficient (Wildman–Crippen LogP) is 3.36. The number of anilines is 1. The summed E-state index contributed by atoms with van der Waals surface area (Å²) in [5.41, 5.74) is 9.02. The smallest absolute Gasteiger partial charge is 0.161 e. The lowest BCUT2D eigenvalue weighted by Gasteiger charge is -2.24. The van der Waals surface area contributed by atoms with E-state index in [9.17, 15) is 0 Å². The molecule has 2 aromatic rings. The predicted molar refractivity (Wildman–Crippen MR) is 96.9 cm³/mol. The fourth-order valence-electron chi connectivity index (χ4n) is 2.94. The summed E-state index contributed by atoms with van der Waals surface area (Å²) in [6, 6.07) is 16.3. The van der Waals surface area contributed by atoms with Gasteiger partial charge < -0.3 is 15.2 Å². The maximum Gasteiger partial charge on any atom is 0.161 e. The van der Waals surface area contributed by atoms with Gasteiger partial charge in [0.1, 0.15) is 0 Å². The Labute approximate surface area is 142 Å². The first kappa shape index (κ1) is 16.3. The van der Waals surface area contributed by atoms with Gasteiger partial charge in [0.2, 0.25) is 0 Å². The van der Waals surface area contributed by atoms with Gasteiger partial charge in [-0.2, -0.15) is 5.10 Å². The summed E-state index contributed by atoms with van der Waals surface area (Å²) in [6.07, 6.45) is 0.809. The minimum atomic E-state index is 0.107. The number of nitrogens with two attached hydrogens (primary N) is 1. The molecule has 1 aliphatic heterocycles. The van der Waals surface area contributed by atoms with Crippen molar-refractivity contribution in [2.75, 3.05) is 25.3 Å². The molecule has 0 aliphatic carbocycles. The first-order valence-corrected chi connectivity index (χ1v) is 8.18. The number of rotatable bonds is 6. The molecule has 1 unspecified atom stereocenters. The van der Waals surface area contributed by atoms with Crippen LogP contribution < -0.4 is 20.2 Å². The first-order valence-electron chi connectivity index (χ1n) is 8.18. The monoisotopic (exact) mass is 325 g/mol.